The Labute approximate surface area is 133 Å². The van der Waals surface area contributed by atoms with Gasteiger partial charge in [0.05, 0.1) is 4.88 Å². The van der Waals surface area contributed by atoms with Crippen molar-refractivity contribution in [2.45, 2.75) is 44.4 Å². The summed E-state index contributed by atoms with van der Waals surface area (Å²) in [6.45, 7) is 1.63. The summed E-state index contributed by atoms with van der Waals surface area (Å²) in [5.41, 5.74) is 2.75. The molecule has 0 spiro atoms. The number of thiophene rings is 1. The number of rotatable bonds is 2. The quantitative estimate of drug-likeness (QED) is 0.926. The van der Waals surface area contributed by atoms with Crippen molar-refractivity contribution in [2.24, 2.45) is 0 Å². The largest absolute Gasteiger partial charge is 0.338 e. The number of aromatic amines is 1. The van der Waals surface area contributed by atoms with Crippen molar-refractivity contribution in [3.8, 4) is 0 Å². The number of nitrogens with one attached hydrogen (secondary N) is 1. The second-order valence-corrected chi connectivity index (χ2v) is 7.09. The van der Waals surface area contributed by atoms with E-state index in [1.807, 2.05) is 4.90 Å². The average Bonchev–Trinajstić information content (AvgIpc) is 3.24. The topological polar surface area (TPSA) is 61.9 Å². The number of piperidine rings is 1. The second-order valence-electron chi connectivity index (χ2n) is 6.21. The van der Waals surface area contributed by atoms with Crippen LogP contribution in [-0.4, -0.2) is 39.1 Å². The molecule has 2 aromatic heterocycles. The fraction of sp³-hybridized carbons (Fsp3) is 0.562. The first kappa shape index (κ1) is 13.9. The minimum absolute atomic E-state index is 0.240. The fourth-order valence-corrected chi connectivity index (χ4v) is 4.74. The van der Waals surface area contributed by atoms with Crippen molar-refractivity contribution in [3.05, 3.63) is 33.5 Å². The zero-order valence-electron chi connectivity index (χ0n) is 12.5. The Morgan fingerprint density at radius 3 is 2.86 bits per heavy atom. The summed E-state index contributed by atoms with van der Waals surface area (Å²) >= 11 is 1.65. The van der Waals surface area contributed by atoms with Gasteiger partial charge in [-0.25, -0.2) is 4.98 Å². The zero-order chi connectivity index (χ0) is 14.9. The van der Waals surface area contributed by atoms with Gasteiger partial charge in [0.2, 0.25) is 0 Å². The molecule has 0 aromatic carbocycles. The minimum Gasteiger partial charge on any atom is -0.338 e. The smallest absolute Gasteiger partial charge is 0.264 e. The van der Waals surface area contributed by atoms with Gasteiger partial charge in [-0.1, -0.05) is 0 Å². The lowest BCUT2D eigenvalue weighted by molar-refractivity contribution is 0.0715. The summed E-state index contributed by atoms with van der Waals surface area (Å²) in [5.74, 6) is 1.61. The molecule has 2 aromatic rings. The van der Waals surface area contributed by atoms with E-state index >= 15 is 0 Å². The van der Waals surface area contributed by atoms with Crippen LogP contribution in [0, 0.1) is 0 Å². The van der Waals surface area contributed by atoms with Crippen LogP contribution in [0.5, 0.6) is 0 Å². The highest BCUT2D eigenvalue weighted by atomic mass is 32.1. The number of nitrogens with zero attached hydrogens (tertiary/aromatic N) is 3. The Hall–Kier alpha value is -1.69. The van der Waals surface area contributed by atoms with Crippen LogP contribution in [0.15, 0.2) is 11.7 Å². The third-order valence-electron chi connectivity index (χ3n) is 4.90. The van der Waals surface area contributed by atoms with Crippen molar-refractivity contribution in [2.75, 3.05) is 13.1 Å². The molecular weight excluding hydrogens is 296 g/mol. The van der Waals surface area contributed by atoms with E-state index in [4.69, 9.17) is 0 Å². The van der Waals surface area contributed by atoms with Crippen LogP contribution in [0.1, 0.15) is 58.2 Å². The van der Waals surface area contributed by atoms with Gasteiger partial charge < -0.3 is 4.90 Å². The molecule has 1 N–H and O–H groups in total. The third-order valence-corrected chi connectivity index (χ3v) is 5.96. The van der Waals surface area contributed by atoms with Crippen molar-refractivity contribution >= 4 is 17.2 Å². The lowest BCUT2D eigenvalue weighted by atomic mass is 9.93. The van der Waals surface area contributed by atoms with Gasteiger partial charge in [0, 0.05) is 19.0 Å². The van der Waals surface area contributed by atoms with Crippen LogP contribution in [-0.2, 0) is 12.8 Å². The van der Waals surface area contributed by atoms with Gasteiger partial charge in [-0.05, 0) is 55.0 Å². The van der Waals surface area contributed by atoms with Crippen LogP contribution in [0.2, 0.25) is 0 Å². The maximum absolute atomic E-state index is 12.8. The molecule has 3 heterocycles. The molecular formula is C16H20N4OS. The van der Waals surface area contributed by atoms with E-state index in [1.54, 1.807) is 17.7 Å². The van der Waals surface area contributed by atoms with E-state index in [-0.39, 0.29) is 5.91 Å². The lowest BCUT2D eigenvalue weighted by Crippen LogP contribution is -2.38. The minimum atomic E-state index is 0.240. The van der Waals surface area contributed by atoms with E-state index in [1.165, 1.54) is 24.0 Å². The van der Waals surface area contributed by atoms with Crippen LogP contribution < -0.4 is 0 Å². The van der Waals surface area contributed by atoms with E-state index in [2.05, 4.69) is 20.6 Å². The first-order valence-corrected chi connectivity index (χ1v) is 8.94. The zero-order valence-corrected chi connectivity index (χ0v) is 13.4. The molecule has 2 aliphatic rings. The van der Waals surface area contributed by atoms with Crippen LogP contribution in [0.25, 0.3) is 0 Å². The normalized spacial score (nSPS) is 19.2. The van der Waals surface area contributed by atoms with Gasteiger partial charge >= 0.3 is 0 Å². The summed E-state index contributed by atoms with van der Waals surface area (Å²) in [7, 11) is 0. The molecule has 116 valence electrons. The fourth-order valence-electron chi connectivity index (χ4n) is 3.61. The number of carbonyl (C=O) groups is 1. The number of hydrogen-bond acceptors (Lipinski definition) is 4. The van der Waals surface area contributed by atoms with E-state index in [0.717, 1.165) is 49.5 Å². The van der Waals surface area contributed by atoms with Crippen molar-refractivity contribution < 1.29 is 4.79 Å². The van der Waals surface area contributed by atoms with Crippen LogP contribution in [0.3, 0.4) is 0 Å². The summed E-state index contributed by atoms with van der Waals surface area (Å²) < 4.78 is 0. The molecule has 22 heavy (non-hydrogen) atoms. The molecule has 4 rings (SSSR count). The number of H-pyrrole nitrogens is 1. The molecule has 1 amide bonds. The third kappa shape index (κ3) is 2.45. The molecule has 1 aliphatic heterocycles. The molecule has 1 saturated heterocycles. The molecule has 1 aliphatic carbocycles. The summed E-state index contributed by atoms with van der Waals surface area (Å²) in [6.07, 6.45) is 8.20. The number of fused-ring (bicyclic) bond motifs is 1. The number of aromatic nitrogens is 3. The van der Waals surface area contributed by atoms with Gasteiger partial charge in [-0.15, -0.1) is 11.3 Å². The Morgan fingerprint density at radius 1 is 1.27 bits per heavy atom. The number of aryl methyl sites for hydroxylation is 1. The lowest BCUT2D eigenvalue weighted by Gasteiger charge is -2.31. The Kier molecular flexibility index (Phi) is 3.70. The van der Waals surface area contributed by atoms with E-state index in [9.17, 15) is 4.79 Å². The molecule has 0 radical (unpaired) electrons. The van der Waals surface area contributed by atoms with Gasteiger partial charge in [0.25, 0.3) is 5.91 Å². The molecule has 0 unspecified atom stereocenters. The monoisotopic (exact) mass is 316 g/mol. The standard InChI is InChI=1S/C16H20N4OS/c21-16(14-13-4-2-1-3-12(13)9-22-14)20-7-5-11(6-8-20)15-17-10-18-19-15/h9-11H,1-8H2,(H,17,18,19). The maximum Gasteiger partial charge on any atom is 0.264 e. The van der Waals surface area contributed by atoms with Crippen molar-refractivity contribution in [1.29, 1.82) is 0 Å². The van der Waals surface area contributed by atoms with Crippen LogP contribution >= 0.6 is 11.3 Å². The molecule has 0 atom stereocenters. The Morgan fingerprint density at radius 2 is 2.09 bits per heavy atom. The Bertz CT molecular complexity index is 656. The molecule has 0 bridgehead atoms. The van der Waals surface area contributed by atoms with Crippen LogP contribution in [0.4, 0.5) is 0 Å². The molecule has 1 fully saturated rings. The maximum atomic E-state index is 12.8. The highest BCUT2D eigenvalue weighted by Crippen LogP contribution is 2.32. The average molecular weight is 316 g/mol. The molecule has 0 saturated carbocycles. The van der Waals surface area contributed by atoms with Crippen molar-refractivity contribution in [1.82, 2.24) is 20.1 Å². The number of amides is 1. The van der Waals surface area contributed by atoms with Gasteiger partial charge in [-0.3, -0.25) is 9.89 Å². The predicted octanol–water partition coefficient (Wildman–Crippen LogP) is 2.76. The van der Waals surface area contributed by atoms with Gasteiger partial charge in [-0.2, -0.15) is 5.10 Å². The summed E-state index contributed by atoms with van der Waals surface area (Å²) in [6, 6.07) is 0. The predicted molar refractivity (Wildman–Crippen MR) is 85.2 cm³/mol. The summed E-state index contributed by atoms with van der Waals surface area (Å²) in [4.78, 5) is 20.1. The first-order valence-electron chi connectivity index (χ1n) is 8.06. The number of likely N-dealkylation sites (tertiary alicyclic amines) is 1. The Balaban J connectivity index is 1.45. The highest BCUT2D eigenvalue weighted by molar-refractivity contribution is 7.12. The number of hydrogen-bond donors (Lipinski definition) is 1. The SMILES string of the molecule is O=C(c1scc2c1CCCC2)N1CCC(c2ncn[nH]2)CC1. The second kappa shape index (κ2) is 5.83. The first-order chi connectivity index (χ1) is 10.8. The van der Waals surface area contributed by atoms with E-state index in [0.29, 0.717) is 5.92 Å². The summed E-state index contributed by atoms with van der Waals surface area (Å²) in [5, 5.41) is 9.08. The van der Waals surface area contributed by atoms with Gasteiger partial charge in [0.1, 0.15) is 12.2 Å². The highest BCUT2D eigenvalue weighted by Gasteiger charge is 2.29. The number of carbonyl (C=O) groups excluding carboxylic acids is 1. The van der Waals surface area contributed by atoms with Crippen molar-refractivity contribution in [3.63, 3.8) is 0 Å². The molecule has 5 nitrogen and oxygen atoms in total. The van der Waals surface area contributed by atoms with E-state index < -0.39 is 0 Å². The van der Waals surface area contributed by atoms with Gasteiger partial charge in [0.15, 0.2) is 0 Å². The molecule has 6 heteroatoms.